The van der Waals surface area contributed by atoms with Gasteiger partial charge in [-0.15, -0.1) is 0 Å². The van der Waals surface area contributed by atoms with Crippen LogP contribution in [0.2, 0.25) is 0 Å². The number of alkyl halides is 1. The van der Waals surface area contributed by atoms with Crippen LogP contribution in [0.15, 0.2) is 48.5 Å². The molecule has 2 fully saturated rings. The highest BCUT2D eigenvalue weighted by atomic mass is 19.1. The van der Waals surface area contributed by atoms with E-state index in [1.807, 2.05) is 6.07 Å². The van der Waals surface area contributed by atoms with Crippen LogP contribution in [0.25, 0.3) is 0 Å². The molecule has 1 saturated heterocycles. The van der Waals surface area contributed by atoms with Crippen molar-refractivity contribution in [3.63, 3.8) is 0 Å². The van der Waals surface area contributed by atoms with Gasteiger partial charge in [0.1, 0.15) is 11.4 Å². The first kappa shape index (κ1) is 19.1. The SMILES string of the molecule is FC1(CNC2CC2c2ccc3c(c2)CCCO3)CCN(Cc2ccccc2)CC1. The van der Waals surface area contributed by atoms with Crippen molar-refractivity contribution in [1.82, 2.24) is 10.2 Å². The maximum atomic E-state index is 15.3. The van der Waals surface area contributed by atoms with Gasteiger partial charge in [0.15, 0.2) is 0 Å². The summed E-state index contributed by atoms with van der Waals surface area (Å²) in [4.78, 5) is 2.38. The molecule has 0 radical (unpaired) electrons. The van der Waals surface area contributed by atoms with Gasteiger partial charge in [0.25, 0.3) is 0 Å². The van der Waals surface area contributed by atoms with Crippen molar-refractivity contribution in [2.24, 2.45) is 0 Å². The van der Waals surface area contributed by atoms with Crippen molar-refractivity contribution in [1.29, 1.82) is 0 Å². The molecule has 2 atom stereocenters. The smallest absolute Gasteiger partial charge is 0.125 e. The summed E-state index contributed by atoms with van der Waals surface area (Å²) in [7, 11) is 0. The minimum absolute atomic E-state index is 0.424. The van der Waals surface area contributed by atoms with Crippen LogP contribution >= 0.6 is 0 Å². The number of hydrogen-bond donors (Lipinski definition) is 1. The number of nitrogens with one attached hydrogen (secondary N) is 1. The highest BCUT2D eigenvalue weighted by Crippen LogP contribution is 2.43. The quantitative estimate of drug-likeness (QED) is 0.783. The van der Waals surface area contributed by atoms with Gasteiger partial charge >= 0.3 is 0 Å². The molecular weight excluding hydrogens is 363 g/mol. The van der Waals surface area contributed by atoms with Gasteiger partial charge in [0.05, 0.1) is 6.61 Å². The van der Waals surface area contributed by atoms with Gasteiger partial charge in [-0.25, -0.2) is 4.39 Å². The average molecular weight is 395 g/mol. The molecule has 0 amide bonds. The van der Waals surface area contributed by atoms with Crippen LogP contribution < -0.4 is 10.1 Å². The zero-order chi connectivity index (χ0) is 19.7. The second-order valence-corrected chi connectivity index (χ2v) is 9.06. The molecule has 3 nitrogen and oxygen atoms in total. The minimum Gasteiger partial charge on any atom is -0.493 e. The monoisotopic (exact) mass is 394 g/mol. The Bertz CT molecular complexity index is 832. The van der Waals surface area contributed by atoms with E-state index in [1.54, 1.807) is 0 Å². The Morgan fingerprint density at radius 3 is 2.76 bits per heavy atom. The largest absolute Gasteiger partial charge is 0.493 e. The first-order valence-corrected chi connectivity index (χ1v) is 11.1. The van der Waals surface area contributed by atoms with Crippen molar-refractivity contribution in [2.75, 3.05) is 26.2 Å². The predicted octanol–water partition coefficient (Wildman–Crippen LogP) is 4.46. The van der Waals surface area contributed by atoms with Gasteiger partial charge in [-0.2, -0.15) is 0 Å². The van der Waals surface area contributed by atoms with Crippen molar-refractivity contribution in [3.05, 3.63) is 65.2 Å². The second-order valence-electron chi connectivity index (χ2n) is 9.06. The van der Waals surface area contributed by atoms with Crippen LogP contribution in [0.4, 0.5) is 4.39 Å². The van der Waals surface area contributed by atoms with E-state index in [4.69, 9.17) is 4.74 Å². The summed E-state index contributed by atoms with van der Waals surface area (Å²) in [5.41, 5.74) is 2.97. The molecule has 2 unspecified atom stereocenters. The lowest BCUT2D eigenvalue weighted by Gasteiger charge is -2.36. The fourth-order valence-electron chi connectivity index (χ4n) is 4.84. The summed E-state index contributed by atoms with van der Waals surface area (Å²) in [6.45, 7) is 3.93. The van der Waals surface area contributed by atoms with Crippen LogP contribution in [-0.2, 0) is 13.0 Å². The van der Waals surface area contributed by atoms with E-state index in [2.05, 4.69) is 52.7 Å². The Morgan fingerprint density at radius 2 is 1.93 bits per heavy atom. The normalized spacial score (nSPS) is 25.8. The molecule has 2 heterocycles. The van der Waals surface area contributed by atoms with Gasteiger partial charge in [-0.1, -0.05) is 42.5 Å². The molecule has 0 bridgehead atoms. The molecule has 1 aliphatic carbocycles. The Morgan fingerprint density at radius 1 is 1.10 bits per heavy atom. The maximum absolute atomic E-state index is 15.3. The summed E-state index contributed by atoms with van der Waals surface area (Å²) in [6, 6.07) is 17.6. The first-order valence-electron chi connectivity index (χ1n) is 11.1. The van der Waals surface area contributed by atoms with Gasteiger partial charge in [0.2, 0.25) is 0 Å². The summed E-state index contributed by atoms with van der Waals surface area (Å²) >= 11 is 0. The maximum Gasteiger partial charge on any atom is 0.125 e. The van der Waals surface area contributed by atoms with Gasteiger partial charge in [-0.3, -0.25) is 4.90 Å². The number of fused-ring (bicyclic) bond motifs is 1. The lowest BCUT2D eigenvalue weighted by Crippen LogP contribution is -2.47. The Hall–Kier alpha value is -1.91. The number of rotatable bonds is 6. The van der Waals surface area contributed by atoms with Crippen molar-refractivity contribution >= 4 is 0 Å². The molecule has 1 saturated carbocycles. The van der Waals surface area contributed by atoms with E-state index in [0.29, 0.717) is 31.3 Å². The highest BCUT2D eigenvalue weighted by molar-refractivity contribution is 5.42. The van der Waals surface area contributed by atoms with E-state index in [0.717, 1.165) is 51.3 Å². The lowest BCUT2D eigenvalue weighted by atomic mass is 9.93. The number of aryl methyl sites for hydroxylation is 1. The highest BCUT2D eigenvalue weighted by Gasteiger charge is 2.41. The second kappa shape index (κ2) is 8.08. The number of piperidine rings is 1. The molecule has 154 valence electrons. The third-order valence-corrected chi connectivity index (χ3v) is 6.83. The lowest BCUT2D eigenvalue weighted by molar-refractivity contribution is 0.0544. The fraction of sp³-hybridized carbons (Fsp3) is 0.520. The van der Waals surface area contributed by atoms with Gasteiger partial charge in [0, 0.05) is 38.1 Å². The summed E-state index contributed by atoms with van der Waals surface area (Å²) in [5.74, 6) is 1.58. The fourth-order valence-corrected chi connectivity index (χ4v) is 4.84. The number of ether oxygens (including phenoxy) is 1. The van der Waals surface area contributed by atoms with Crippen molar-refractivity contribution < 1.29 is 9.13 Å². The van der Waals surface area contributed by atoms with E-state index >= 15 is 4.39 Å². The predicted molar refractivity (Wildman–Crippen MR) is 114 cm³/mol. The van der Waals surface area contributed by atoms with Crippen LogP contribution in [0, 0.1) is 0 Å². The van der Waals surface area contributed by atoms with Crippen LogP contribution in [0.3, 0.4) is 0 Å². The third-order valence-electron chi connectivity index (χ3n) is 6.83. The zero-order valence-electron chi connectivity index (χ0n) is 17.1. The summed E-state index contributed by atoms with van der Waals surface area (Å²) in [5, 5.41) is 3.54. The molecule has 0 spiro atoms. The van der Waals surface area contributed by atoms with E-state index in [-0.39, 0.29) is 0 Å². The standard InChI is InChI=1S/C25H31FN2O/c26-25(10-12-28(13-11-25)17-19-5-2-1-3-6-19)18-27-23-16-22(23)20-8-9-24-21(15-20)7-4-14-29-24/h1-3,5-6,8-9,15,22-23,27H,4,7,10-14,16-18H2. The van der Waals surface area contributed by atoms with Crippen LogP contribution in [-0.4, -0.2) is 42.9 Å². The Labute approximate surface area is 173 Å². The summed E-state index contributed by atoms with van der Waals surface area (Å²) < 4.78 is 21.0. The number of benzene rings is 2. The molecule has 0 aromatic heterocycles. The third kappa shape index (κ3) is 4.49. The van der Waals surface area contributed by atoms with Gasteiger partial charge in [-0.05, 0) is 54.9 Å². The molecule has 2 aromatic rings. The molecule has 29 heavy (non-hydrogen) atoms. The Kier molecular flexibility index (Phi) is 5.31. The molecular formula is C25H31FN2O. The molecule has 4 heteroatoms. The number of nitrogens with zero attached hydrogens (tertiary/aromatic N) is 1. The van der Waals surface area contributed by atoms with Crippen molar-refractivity contribution in [3.8, 4) is 5.75 Å². The molecule has 2 aromatic carbocycles. The Balaban J connectivity index is 1.09. The molecule has 2 aliphatic heterocycles. The van der Waals surface area contributed by atoms with E-state index < -0.39 is 5.67 Å². The number of likely N-dealkylation sites (tertiary alicyclic amines) is 1. The molecule has 1 N–H and O–H groups in total. The molecule has 5 rings (SSSR count). The van der Waals surface area contributed by atoms with E-state index in [1.165, 1.54) is 16.7 Å². The summed E-state index contributed by atoms with van der Waals surface area (Å²) in [6.07, 6.45) is 4.59. The number of hydrogen-bond acceptors (Lipinski definition) is 3. The zero-order valence-corrected chi connectivity index (χ0v) is 17.1. The first-order chi connectivity index (χ1) is 14.2. The molecule has 3 aliphatic rings. The van der Waals surface area contributed by atoms with Crippen molar-refractivity contribution in [2.45, 2.75) is 56.3 Å². The number of halogens is 1. The van der Waals surface area contributed by atoms with Crippen LogP contribution in [0.1, 0.15) is 48.3 Å². The van der Waals surface area contributed by atoms with Gasteiger partial charge < -0.3 is 10.1 Å². The van der Waals surface area contributed by atoms with Crippen LogP contribution in [0.5, 0.6) is 5.75 Å². The van der Waals surface area contributed by atoms with E-state index in [9.17, 15) is 0 Å². The topological polar surface area (TPSA) is 24.5 Å². The average Bonchev–Trinajstić information content (AvgIpc) is 3.55. The minimum atomic E-state index is -1.07.